The van der Waals surface area contributed by atoms with Crippen LogP contribution in [0.15, 0.2) is 42.9 Å². The highest BCUT2D eigenvalue weighted by molar-refractivity contribution is 5.95. The Morgan fingerprint density at radius 2 is 2.00 bits per heavy atom. The molecule has 0 saturated heterocycles. The molecule has 0 spiro atoms. The lowest BCUT2D eigenvalue weighted by molar-refractivity contribution is 0.152. The minimum Gasteiger partial charge on any atom is -0.490 e. The third-order valence-electron chi connectivity index (χ3n) is 4.84. The maximum absolute atomic E-state index is 6.31. The summed E-state index contributed by atoms with van der Waals surface area (Å²) >= 11 is 0. The van der Waals surface area contributed by atoms with Crippen molar-refractivity contribution in [3.63, 3.8) is 0 Å². The van der Waals surface area contributed by atoms with Gasteiger partial charge in [0.25, 0.3) is 0 Å². The van der Waals surface area contributed by atoms with Crippen LogP contribution >= 0.6 is 0 Å². The van der Waals surface area contributed by atoms with Gasteiger partial charge in [0, 0.05) is 29.8 Å². The number of pyridine rings is 1. The van der Waals surface area contributed by atoms with Gasteiger partial charge in [-0.3, -0.25) is 9.97 Å². The summed E-state index contributed by atoms with van der Waals surface area (Å²) < 4.78 is 6.31. The number of benzene rings is 1. The predicted molar refractivity (Wildman–Crippen MR) is 103 cm³/mol. The number of nitrogen functional groups attached to an aromatic ring is 1. The van der Waals surface area contributed by atoms with Crippen molar-refractivity contribution in [3.05, 3.63) is 48.5 Å². The monoisotopic (exact) mass is 349 g/mol. The maximum atomic E-state index is 6.31. The average molecular weight is 349 g/mol. The van der Waals surface area contributed by atoms with Crippen molar-refractivity contribution < 1.29 is 4.74 Å². The molecule has 0 aliphatic heterocycles. The van der Waals surface area contributed by atoms with Crippen molar-refractivity contribution >= 4 is 22.4 Å². The topological polar surface area (TPSA) is 86.0 Å². The Balaban J connectivity index is 1.43. The van der Waals surface area contributed by atoms with E-state index in [0.717, 1.165) is 59.5 Å². The smallest absolute Gasteiger partial charge is 0.144 e. The third kappa shape index (κ3) is 3.54. The van der Waals surface area contributed by atoms with E-state index in [4.69, 9.17) is 10.5 Å². The third-order valence-corrected chi connectivity index (χ3v) is 4.84. The number of hydrogen-bond donors (Lipinski definition) is 2. The van der Waals surface area contributed by atoms with Crippen molar-refractivity contribution in [2.24, 2.45) is 0 Å². The van der Waals surface area contributed by atoms with Crippen LogP contribution in [0.4, 0.5) is 11.5 Å². The molecule has 2 heterocycles. The number of nitrogens with zero attached hydrogens (tertiary/aromatic N) is 3. The van der Waals surface area contributed by atoms with Gasteiger partial charge in [0.05, 0.1) is 23.2 Å². The number of rotatable bonds is 4. The first kappa shape index (κ1) is 16.6. The lowest BCUT2D eigenvalue weighted by Gasteiger charge is -2.30. The minimum atomic E-state index is 0.196. The summed E-state index contributed by atoms with van der Waals surface area (Å²) in [6, 6.07) is 8.25. The number of aryl methyl sites for hydroxylation is 1. The van der Waals surface area contributed by atoms with Gasteiger partial charge < -0.3 is 15.8 Å². The van der Waals surface area contributed by atoms with Crippen LogP contribution < -0.4 is 15.8 Å². The van der Waals surface area contributed by atoms with E-state index >= 15 is 0 Å². The van der Waals surface area contributed by atoms with Gasteiger partial charge >= 0.3 is 0 Å². The van der Waals surface area contributed by atoms with Crippen LogP contribution in [-0.4, -0.2) is 27.1 Å². The number of hydrogen-bond acceptors (Lipinski definition) is 6. The fourth-order valence-electron chi connectivity index (χ4n) is 3.61. The van der Waals surface area contributed by atoms with Crippen molar-refractivity contribution in [3.8, 4) is 5.75 Å². The summed E-state index contributed by atoms with van der Waals surface area (Å²) in [5.41, 5.74) is 8.76. The minimum absolute atomic E-state index is 0.196. The molecule has 3 aromatic rings. The summed E-state index contributed by atoms with van der Waals surface area (Å²) in [6.45, 7) is 1.95. The van der Waals surface area contributed by atoms with Crippen molar-refractivity contribution in [1.82, 2.24) is 15.0 Å². The number of fused-ring (bicyclic) bond motifs is 1. The Kier molecular flexibility index (Phi) is 4.56. The second-order valence-electron chi connectivity index (χ2n) is 6.83. The molecule has 1 aliphatic rings. The molecule has 0 amide bonds. The van der Waals surface area contributed by atoms with Crippen LogP contribution in [0.5, 0.6) is 5.75 Å². The molecule has 26 heavy (non-hydrogen) atoms. The fourth-order valence-corrected chi connectivity index (χ4v) is 3.61. The van der Waals surface area contributed by atoms with E-state index in [1.54, 1.807) is 18.6 Å². The van der Waals surface area contributed by atoms with Gasteiger partial charge in [0.15, 0.2) is 0 Å². The highest BCUT2D eigenvalue weighted by atomic mass is 16.5. The predicted octanol–water partition coefficient (Wildman–Crippen LogP) is 3.72. The standard InChI is InChI=1S/C20H23N5O/c1-13-11-16(21)20-17(24-13)3-2-4-18(20)26-15-7-5-14(6-8-15)25-19-12-22-9-10-23-19/h2-4,9-12,14-15H,5-8H2,1H3,(H2,21,24)(H,23,25). The quantitative estimate of drug-likeness (QED) is 0.747. The Morgan fingerprint density at radius 1 is 1.15 bits per heavy atom. The van der Waals surface area contributed by atoms with Crippen LogP contribution in [0.2, 0.25) is 0 Å². The van der Waals surface area contributed by atoms with Crippen LogP contribution in [0.25, 0.3) is 10.9 Å². The van der Waals surface area contributed by atoms with E-state index in [9.17, 15) is 0 Å². The molecule has 4 rings (SSSR count). The zero-order chi connectivity index (χ0) is 17.9. The molecule has 1 fully saturated rings. The molecule has 0 atom stereocenters. The maximum Gasteiger partial charge on any atom is 0.144 e. The molecule has 1 saturated carbocycles. The molecule has 1 aromatic carbocycles. The van der Waals surface area contributed by atoms with Gasteiger partial charge in [0.1, 0.15) is 11.6 Å². The Morgan fingerprint density at radius 3 is 2.77 bits per heavy atom. The SMILES string of the molecule is Cc1cc(N)c2c(OC3CCC(Nc4cnccn4)CC3)cccc2n1. The lowest BCUT2D eigenvalue weighted by atomic mass is 9.93. The molecular formula is C20H23N5O. The van der Waals surface area contributed by atoms with Gasteiger partial charge in [-0.2, -0.15) is 0 Å². The molecule has 134 valence electrons. The number of nitrogens with two attached hydrogens (primary N) is 1. The average Bonchev–Trinajstić information content (AvgIpc) is 2.64. The first-order chi connectivity index (χ1) is 12.7. The van der Waals surface area contributed by atoms with Gasteiger partial charge in [-0.25, -0.2) is 4.98 Å². The van der Waals surface area contributed by atoms with Gasteiger partial charge in [0.2, 0.25) is 0 Å². The van der Waals surface area contributed by atoms with Crippen molar-refractivity contribution in [1.29, 1.82) is 0 Å². The molecule has 0 unspecified atom stereocenters. The van der Waals surface area contributed by atoms with E-state index in [2.05, 4.69) is 20.3 Å². The highest BCUT2D eigenvalue weighted by Gasteiger charge is 2.23. The van der Waals surface area contributed by atoms with Gasteiger partial charge in [-0.05, 0) is 50.8 Å². The second kappa shape index (κ2) is 7.15. The van der Waals surface area contributed by atoms with E-state index < -0.39 is 0 Å². The van der Waals surface area contributed by atoms with E-state index in [1.807, 2.05) is 31.2 Å². The first-order valence-electron chi connectivity index (χ1n) is 9.04. The summed E-state index contributed by atoms with van der Waals surface area (Å²) in [5, 5.41) is 4.37. The summed E-state index contributed by atoms with van der Waals surface area (Å²) in [7, 11) is 0. The Bertz CT molecular complexity index is 891. The number of nitrogens with one attached hydrogen (secondary N) is 1. The molecule has 0 radical (unpaired) electrons. The second-order valence-corrected chi connectivity index (χ2v) is 6.83. The highest BCUT2D eigenvalue weighted by Crippen LogP contribution is 2.33. The Labute approximate surface area is 152 Å². The van der Waals surface area contributed by atoms with E-state index in [0.29, 0.717) is 6.04 Å². The van der Waals surface area contributed by atoms with E-state index in [1.165, 1.54) is 0 Å². The zero-order valence-corrected chi connectivity index (χ0v) is 14.9. The van der Waals surface area contributed by atoms with Crippen molar-refractivity contribution in [2.45, 2.75) is 44.8 Å². The van der Waals surface area contributed by atoms with Crippen LogP contribution in [0, 0.1) is 6.92 Å². The first-order valence-corrected chi connectivity index (χ1v) is 9.04. The largest absolute Gasteiger partial charge is 0.490 e. The lowest BCUT2D eigenvalue weighted by Crippen LogP contribution is -2.31. The number of aromatic nitrogens is 3. The molecule has 1 aliphatic carbocycles. The summed E-state index contributed by atoms with van der Waals surface area (Å²) in [6.07, 6.45) is 9.41. The van der Waals surface area contributed by atoms with Gasteiger partial charge in [-0.1, -0.05) is 6.07 Å². The van der Waals surface area contributed by atoms with Crippen LogP contribution in [0.3, 0.4) is 0 Å². The molecule has 6 nitrogen and oxygen atoms in total. The molecule has 2 aromatic heterocycles. The zero-order valence-electron chi connectivity index (χ0n) is 14.9. The Hall–Kier alpha value is -2.89. The normalized spacial score (nSPS) is 20.0. The van der Waals surface area contributed by atoms with Crippen LogP contribution in [-0.2, 0) is 0 Å². The number of anilines is 2. The van der Waals surface area contributed by atoms with Crippen LogP contribution in [0.1, 0.15) is 31.4 Å². The van der Waals surface area contributed by atoms with Gasteiger partial charge in [-0.15, -0.1) is 0 Å². The van der Waals surface area contributed by atoms with Crippen molar-refractivity contribution in [2.75, 3.05) is 11.1 Å². The molecular weight excluding hydrogens is 326 g/mol. The fraction of sp³-hybridized carbons (Fsp3) is 0.350. The summed E-state index contributed by atoms with van der Waals surface area (Å²) in [4.78, 5) is 12.9. The molecule has 0 bridgehead atoms. The molecule has 3 N–H and O–H groups in total. The number of ether oxygens (including phenoxy) is 1. The summed E-state index contributed by atoms with van der Waals surface area (Å²) in [5.74, 6) is 1.66. The molecule has 6 heteroatoms. The van der Waals surface area contributed by atoms with E-state index in [-0.39, 0.29) is 6.10 Å².